The summed E-state index contributed by atoms with van der Waals surface area (Å²) in [6, 6.07) is 20.7. The molecule has 168 valence electrons. The maximum Gasteiger partial charge on any atom is 0.282 e. The Labute approximate surface area is 194 Å². The van der Waals surface area contributed by atoms with E-state index in [0.717, 1.165) is 22.4 Å². The summed E-state index contributed by atoms with van der Waals surface area (Å²) in [4.78, 5) is 28.4. The molecule has 0 saturated carbocycles. The van der Waals surface area contributed by atoms with Crippen molar-refractivity contribution in [1.82, 2.24) is 0 Å². The quantitative estimate of drug-likeness (QED) is 0.493. The molecule has 5 heteroatoms. The van der Waals surface area contributed by atoms with Crippen molar-refractivity contribution in [2.45, 2.75) is 40.7 Å². The van der Waals surface area contributed by atoms with Crippen LogP contribution in [0.15, 0.2) is 72.4 Å². The molecule has 33 heavy (non-hydrogen) atoms. The van der Waals surface area contributed by atoms with Gasteiger partial charge in [-0.1, -0.05) is 36.4 Å². The van der Waals surface area contributed by atoms with E-state index in [-0.39, 0.29) is 23.6 Å². The Hall–Kier alpha value is -3.86. The number of ether oxygens (including phenoxy) is 1. The van der Waals surface area contributed by atoms with E-state index in [0.29, 0.717) is 22.6 Å². The van der Waals surface area contributed by atoms with Gasteiger partial charge in [0, 0.05) is 5.69 Å². The molecule has 1 N–H and O–H groups in total. The molecule has 0 aromatic heterocycles. The third-order valence-electron chi connectivity index (χ3n) is 5.51. The number of hydrogen-bond donors (Lipinski definition) is 1. The first-order valence-corrected chi connectivity index (χ1v) is 11.1. The zero-order chi connectivity index (χ0) is 23.7. The fourth-order valence-corrected chi connectivity index (χ4v) is 3.89. The lowest BCUT2D eigenvalue weighted by Crippen LogP contribution is -2.32. The Kier molecular flexibility index (Phi) is 6.05. The highest BCUT2D eigenvalue weighted by molar-refractivity contribution is 6.46. The van der Waals surface area contributed by atoms with Crippen LogP contribution in [0.3, 0.4) is 0 Å². The summed E-state index contributed by atoms with van der Waals surface area (Å²) in [5.74, 6) is -0.00866. The summed E-state index contributed by atoms with van der Waals surface area (Å²) >= 11 is 0. The first-order chi connectivity index (χ1) is 15.7. The number of amides is 2. The summed E-state index contributed by atoms with van der Waals surface area (Å²) in [5, 5.41) is 3.28. The summed E-state index contributed by atoms with van der Waals surface area (Å²) in [6.45, 7) is 9.82. The minimum Gasteiger partial charge on any atom is -0.491 e. The van der Waals surface area contributed by atoms with Gasteiger partial charge in [0.1, 0.15) is 11.4 Å². The topological polar surface area (TPSA) is 58.6 Å². The number of carbonyl (C=O) groups is 2. The van der Waals surface area contributed by atoms with E-state index in [2.05, 4.69) is 5.32 Å². The van der Waals surface area contributed by atoms with Crippen LogP contribution in [0.5, 0.6) is 5.75 Å². The van der Waals surface area contributed by atoms with Crippen molar-refractivity contribution in [2.24, 2.45) is 0 Å². The van der Waals surface area contributed by atoms with E-state index in [1.165, 1.54) is 4.90 Å². The average Bonchev–Trinajstić information content (AvgIpc) is 3.00. The SMILES string of the molecule is Cc1cccc(N2C(=O)C(Nc3cc(C)ccc3C)=C(c3ccc(OC(C)C)cc3)C2=O)c1. The zero-order valence-electron chi connectivity index (χ0n) is 19.6. The molecule has 1 aliphatic heterocycles. The standard InChI is InChI=1S/C28H28N2O3/c1-17(2)33-23-13-11-21(12-14-23)25-26(29-24-16-19(4)9-10-20(24)5)28(32)30(27(25)31)22-8-6-7-18(3)15-22/h6-17,29H,1-5H3. The molecule has 3 aromatic rings. The van der Waals surface area contributed by atoms with Gasteiger partial charge in [0.05, 0.1) is 17.4 Å². The van der Waals surface area contributed by atoms with Gasteiger partial charge >= 0.3 is 0 Å². The molecule has 0 aliphatic carbocycles. The summed E-state index contributed by atoms with van der Waals surface area (Å²) in [6.07, 6.45) is 0.0445. The normalized spacial score (nSPS) is 13.8. The van der Waals surface area contributed by atoms with Crippen molar-refractivity contribution in [3.63, 3.8) is 0 Å². The third kappa shape index (κ3) is 4.53. The summed E-state index contributed by atoms with van der Waals surface area (Å²) in [5.41, 5.74) is 5.66. The Morgan fingerprint density at radius 2 is 1.52 bits per heavy atom. The van der Waals surface area contributed by atoms with Gasteiger partial charge < -0.3 is 10.1 Å². The van der Waals surface area contributed by atoms with E-state index >= 15 is 0 Å². The number of aryl methyl sites for hydroxylation is 3. The highest BCUT2D eigenvalue weighted by atomic mass is 16.5. The summed E-state index contributed by atoms with van der Waals surface area (Å²) < 4.78 is 5.74. The number of carbonyl (C=O) groups excluding carboxylic acids is 2. The van der Waals surface area contributed by atoms with Gasteiger partial charge in [0.15, 0.2) is 0 Å². The van der Waals surface area contributed by atoms with E-state index in [4.69, 9.17) is 4.74 Å². The lowest BCUT2D eigenvalue weighted by atomic mass is 10.0. The van der Waals surface area contributed by atoms with E-state index in [9.17, 15) is 9.59 Å². The molecule has 0 fully saturated rings. The van der Waals surface area contributed by atoms with E-state index in [1.807, 2.05) is 95.3 Å². The van der Waals surface area contributed by atoms with Crippen molar-refractivity contribution < 1.29 is 14.3 Å². The lowest BCUT2D eigenvalue weighted by Gasteiger charge is -2.16. The predicted molar refractivity (Wildman–Crippen MR) is 132 cm³/mol. The van der Waals surface area contributed by atoms with Gasteiger partial charge in [-0.2, -0.15) is 0 Å². The van der Waals surface area contributed by atoms with Gasteiger partial charge in [0.25, 0.3) is 11.8 Å². The number of hydrogen-bond acceptors (Lipinski definition) is 4. The predicted octanol–water partition coefficient (Wildman–Crippen LogP) is 5.80. The molecule has 3 aromatic carbocycles. The number of anilines is 2. The molecule has 0 atom stereocenters. The van der Waals surface area contributed by atoms with Crippen molar-refractivity contribution in [3.05, 3.63) is 94.7 Å². The van der Waals surface area contributed by atoms with Gasteiger partial charge in [0.2, 0.25) is 0 Å². The van der Waals surface area contributed by atoms with Crippen LogP contribution in [0.1, 0.15) is 36.1 Å². The van der Waals surface area contributed by atoms with Gasteiger partial charge in [-0.3, -0.25) is 9.59 Å². The second-order valence-electron chi connectivity index (χ2n) is 8.67. The highest BCUT2D eigenvalue weighted by Gasteiger charge is 2.40. The average molecular weight is 441 g/mol. The fraction of sp³-hybridized carbons (Fsp3) is 0.214. The first-order valence-electron chi connectivity index (χ1n) is 11.1. The van der Waals surface area contributed by atoms with Crippen LogP contribution in [0.25, 0.3) is 5.57 Å². The molecular weight excluding hydrogens is 412 g/mol. The van der Waals surface area contributed by atoms with Crippen LogP contribution in [0.2, 0.25) is 0 Å². The Bertz CT molecular complexity index is 1260. The first kappa shape index (κ1) is 22.3. The maximum atomic E-state index is 13.6. The van der Waals surface area contributed by atoms with Crippen LogP contribution in [-0.4, -0.2) is 17.9 Å². The van der Waals surface area contributed by atoms with Crippen molar-refractivity contribution in [2.75, 3.05) is 10.2 Å². The second-order valence-corrected chi connectivity index (χ2v) is 8.67. The molecule has 0 bridgehead atoms. The lowest BCUT2D eigenvalue weighted by molar-refractivity contribution is -0.120. The van der Waals surface area contributed by atoms with Gasteiger partial charge in [-0.05, 0) is 87.2 Å². The molecule has 0 unspecified atom stereocenters. The van der Waals surface area contributed by atoms with Crippen molar-refractivity contribution in [1.29, 1.82) is 0 Å². The minimum absolute atomic E-state index is 0.0445. The largest absolute Gasteiger partial charge is 0.491 e. The Morgan fingerprint density at radius 3 is 2.18 bits per heavy atom. The van der Waals surface area contributed by atoms with Crippen LogP contribution in [0, 0.1) is 20.8 Å². The number of nitrogens with zero attached hydrogens (tertiary/aromatic N) is 1. The summed E-state index contributed by atoms with van der Waals surface area (Å²) in [7, 11) is 0. The number of imide groups is 1. The van der Waals surface area contributed by atoms with Crippen LogP contribution < -0.4 is 15.0 Å². The molecule has 1 heterocycles. The van der Waals surface area contributed by atoms with Crippen molar-refractivity contribution >= 4 is 28.8 Å². The molecule has 0 radical (unpaired) electrons. The molecule has 4 rings (SSSR count). The monoisotopic (exact) mass is 440 g/mol. The fourth-order valence-electron chi connectivity index (χ4n) is 3.89. The molecular formula is C28H28N2O3. The minimum atomic E-state index is -0.371. The van der Waals surface area contributed by atoms with Crippen LogP contribution in [0.4, 0.5) is 11.4 Å². The third-order valence-corrected chi connectivity index (χ3v) is 5.51. The highest BCUT2D eigenvalue weighted by Crippen LogP contribution is 2.35. The molecule has 5 nitrogen and oxygen atoms in total. The number of rotatable bonds is 6. The van der Waals surface area contributed by atoms with Gasteiger partial charge in [-0.15, -0.1) is 0 Å². The maximum absolute atomic E-state index is 13.6. The van der Waals surface area contributed by atoms with Crippen LogP contribution in [-0.2, 0) is 9.59 Å². The van der Waals surface area contributed by atoms with Crippen molar-refractivity contribution in [3.8, 4) is 5.75 Å². The number of nitrogens with one attached hydrogen (secondary N) is 1. The number of benzene rings is 3. The zero-order valence-corrected chi connectivity index (χ0v) is 19.6. The van der Waals surface area contributed by atoms with Gasteiger partial charge in [-0.25, -0.2) is 4.90 Å². The molecule has 1 aliphatic rings. The molecule has 2 amide bonds. The van der Waals surface area contributed by atoms with E-state index in [1.54, 1.807) is 6.07 Å². The van der Waals surface area contributed by atoms with Crippen LogP contribution >= 0.6 is 0 Å². The molecule has 0 spiro atoms. The smallest absolute Gasteiger partial charge is 0.282 e. The van der Waals surface area contributed by atoms with E-state index < -0.39 is 0 Å². The Balaban J connectivity index is 1.81. The molecule has 0 saturated heterocycles. The Morgan fingerprint density at radius 1 is 0.818 bits per heavy atom. The second kappa shape index (κ2) is 8.94.